The quantitative estimate of drug-likeness (QED) is 0.438. The van der Waals surface area contributed by atoms with Crippen LogP contribution in [-0.2, 0) is 0 Å². The van der Waals surface area contributed by atoms with Gasteiger partial charge in [-0.2, -0.15) is 0 Å². The SMILES string of the molecule is COc1cc(-c2ccc3nc[c]c(-c4ccc(N5CCN(C)CC5)cc4)c3c2)cc(Cl)c1O. The third-order valence-corrected chi connectivity index (χ3v) is 6.57. The second-order valence-electron chi connectivity index (χ2n) is 8.36. The van der Waals surface area contributed by atoms with E-state index in [1.165, 1.54) is 12.8 Å². The van der Waals surface area contributed by atoms with Crippen LogP contribution in [0.4, 0.5) is 5.69 Å². The van der Waals surface area contributed by atoms with Crippen LogP contribution in [0.5, 0.6) is 11.5 Å². The van der Waals surface area contributed by atoms with E-state index in [1.807, 2.05) is 12.1 Å². The molecule has 0 atom stereocenters. The first-order chi connectivity index (χ1) is 16.0. The highest BCUT2D eigenvalue weighted by Gasteiger charge is 2.15. The molecule has 2 heterocycles. The molecule has 0 saturated carbocycles. The fourth-order valence-electron chi connectivity index (χ4n) is 4.31. The molecule has 5 nitrogen and oxygen atoms in total. The van der Waals surface area contributed by atoms with Crippen molar-refractivity contribution in [3.05, 3.63) is 71.9 Å². The predicted molar refractivity (Wildman–Crippen MR) is 134 cm³/mol. The highest BCUT2D eigenvalue weighted by molar-refractivity contribution is 6.32. The number of methoxy groups -OCH3 is 1. The minimum atomic E-state index is -0.0557. The number of nitrogens with zero attached hydrogens (tertiary/aromatic N) is 3. The number of aromatic nitrogens is 1. The molecule has 0 aliphatic carbocycles. The Kier molecular flexibility index (Phi) is 5.83. The summed E-state index contributed by atoms with van der Waals surface area (Å²) in [4.78, 5) is 9.29. The standard InChI is InChI=1S/C27H25ClN3O2/c1-30-11-13-31(14-12-30)21-6-3-18(4-7-21)22-9-10-29-25-8-5-19(15-23(22)25)20-16-24(28)27(32)26(17-20)33-2/h3-8,10,15-17,32H,11-14H2,1-2H3. The Morgan fingerprint density at radius 1 is 0.939 bits per heavy atom. The Bertz CT molecular complexity index is 1300. The van der Waals surface area contributed by atoms with Gasteiger partial charge in [-0.15, -0.1) is 0 Å². The topological polar surface area (TPSA) is 48.8 Å². The van der Waals surface area contributed by atoms with Gasteiger partial charge in [0.2, 0.25) is 0 Å². The van der Waals surface area contributed by atoms with E-state index in [4.69, 9.17) is 16.3 Å². The van der Waals surface area contributed by atoms with Crippen LogP contribution in [0.3, 0.4) is 0 Å². The Morgan fingerprint density at radius 3 is 2.39 bits per heavy atom. The van der Waals surface area contributed by atoms with Gasteiger partial charge >= 0.3 is 0 Å². The van der Waals surface area contributed by atoms with E-state index >= 15 is 0 Å². The van der Waals surface area contributed by atoms with Crippen molar-refractivity contribution < 1.29 is 9.84 Å². The molecule has 1 N–H and O–H groups in total. The Morgan fingerprint density at radius 2 is 1.67 bits per heavy atom. The van der Waals surface area contributed by atoms with Gasteiger partial charge in [0.1, 0.15) is 0 Å². The highest BCUT2D eigenvalue weighted by Crippen LogP contribution is 2.39. The van der Waals surface area contributed by atoms with Gasteiger partial charge in [0.15, 0.2) is 11.5 Å². The van der Waals surface area contributed by atoms with Crippen LogP contribution in [0.2, 0.25) is 5.02 Å². The maximum Gasteiger partial charge on any atom is 0.176 e. The molecule has 6 heteroatoms. The zero-order valence-corrected chi connectivity index (χ0v) is 19.4. The lowest BCUT2D eigenvalue weighted by molar-refractivity contribution is 0.313. The van der Waals surface area contributed by atoms with Gasteiger partial charge in [0.05, 0.1) is 17.6 Å². The van der Waals surface area contributed by atoms with Gasteiger partial charge in [0.25, 0.3) is 0 Å². The number of hydrogen-bond donors (Lipinski definition) is 1. The molecule has 5 rings (SSSR count). The molecule has 0 unspecified atom stereocenters. The lowest BCUT2D eigenvalue weighted by Gasteiger charge is -2.34. The summed E-state index contributed by atoms with van der Waals surface area (Å²) in [7, 11) is 3.68. The van der Waals surface area contributed by atoms with Crippen LogP contribution in [-0.4, -0.2) is 55.3 Å². The number of ether oxygens (including phenoxy) is 1. The Balaban J connectivity index is 1.53. The van der Waals surface area contributed by atoms with Crippen LogP contribution in [0.15, 0.2) is 60.8 Å². The molecule has 3 aromatic carbocycles. The summed E-state index contributed by atoms with van der Waals surface area (Å²) < 4.78 is 5.28. The largest absolute Gasteiger partial charge is 0.503 e. The molecular weight excluding hydrogens is 434 g/mol. The lowest BCUT2D eigenvalue weighted by atomic mass is 9.97. The average molecular weight is 459 g/mol. The lowest BCUT2D eigenvalue weighted by Crippen LogP contribution is -2.44. The van der Waals surface area contributed by atoms with Gasteiger partial charge in [-0.3, -0.25) is 4.98 Å². The van der Waals surface area contributed by atoms with Crippen LogP contribution >= 0.6 is 11.6 Å². The number of likely N-dealkylation sites (N-methyl/N-ethyl adjacent to an activating group) is 1. The molecule has 33 heavy (non-hydrogen) atoms. The third-order valence-electron chi connectivity index (χ3n) is 6.28. The predicted octanol–water partition coefficient (Wildman–Crippen LogP) is 5.49. The number of fused-ring (bicyclic) bond motifs is 1. The summed E-state index contributed by atoms with van der Waals surface area (Å²) in [5, 5.41) is 11.3. The molecule has 0 bridgehead atoms. The molecule has 1 saturated heterocycles. The van der Waals surface area contributed by atoms with Crippen LogP contribution in [0.1, 0.15) is 0 Å². The van der Waals surface area contributed by atoms with E-state index in [9.17, 15) is 5.11 Å². The average Bonchev–Trinajstić information content (AvgIpc) is 2.85. The normalized spacial score (nSPS) is 14.6. The molecular formula is C27H25ClN3O2. The van der Waals surface area contributed by atoms with E-state index in [0.29, 0.717) is 5.75 Å². The zero-order chi connectivity index (χ0) is 22.9. The molecule has 1 fully saturated rings. The number of rotatable bonds is 4. The summed E-state index contributed by atoms with van der Waals surface area (Å²) in [6.45, 7) is 4.25. The maximum absolute atomic E-state index is 10.1. The van der Waals surface area contributed by atoms with Crippen molar-refractivity contribution in [2.45, 2.75) is 0 Å². The number of phenols is 1. The first kappa shape index (κ1) is 21.6. The number of halogens is 1. The number of anilines is 1. The molecule has 167 valence electrons. The second kappa shape index (κ2) is 8.93. The van der Waals surface area contributed by atoms with Crippen LogP contribution < -0.4 is 9.64 Å². The summed E-state index contributed by atoms with van der Waals surface area (Å²) in [5.74, 6) is 0.287. The van der Waals surface area contributed by atoms with Crippen LogP contribution in [0.25, 0.3) is 33.2 Å². The fraction of sp³-hybridized carbons (Fsp3) is 0.222. The van der Waals surface area contributed by atoms with Crippen molar-refractivity contribution in [3.8, 4) is 33.8 Å². The van der Waals surface area contributed by atoms with Gasteiger partial charge in [0, 0.05) is 55.1 Å². The van der Waals surface area contributed by atoms with E-state index in [-0.39, 0.29) is 10.8 Å². The van der Waals surface area contributed by atoms with Crippen molar-refractivity contribution >= 4 is 28.2 Å². The summed E-state index contributed by atoms with van der Waals surface area (Å²) in [5.41, 5.74) is 6.06. The van der Waals surface area contributed by atoms with Crippen LogP contribution in [0, 0.1) is 6.07 Å². The molecule has 4 aromatic rings. The number of benzene rings is 3. The number of pyridine rings is 1. The van der Waals surface area contributed by atoms with E-state index < -0.39 is 0 Å². The molecule has 1 aromatic heterocycles. The molecule has 0 amide bonds. The first-order valence-electron chi connectivity index (χ1n) is 10.9. The minimum absolute atomic E-state index is 0.0557. The smallest absolute Gasteiger partial charge is 0.176 e. The van der Waals surface area contributed by atoms with Gasteiger partial charge in [-0.1, -0.05) is 29.8 Å². The number of hydrogen-bond acceptors (Lipinski definition) is 5. The van der Waals surface area contributed by atoms with E-state index in [2.05, 4.69) is 58.2 Å². The van der Waals surface area contributed by atoms with Gasteiger partial charge in [-0.05, 0) is 60.1 Å². The maximum atomic E-state index is 10.1. The fourth-order valence-corrected chi connectivity index (χ4v) is 4.52. The van der Waals surface area contributed by atoms with E-state index in [0.717, 1.165) is 59.3 Å². The highest BCUT2D eigenvalue weighted by atomic mass is 35.5. The summed E-state index contributed by atoms with van der Waals surface area (Å²) >= 11 is 6.22. The minimum Gasteiger partial charge on any atom is -0.503 e. The molecule has 0 spiro atoms. The molecule has 1 radical (unpaired) electrons. The Hall–Kier alpha value is -3.28. The van der Waals surface area contributed by atoms with Crippen molar-refractivity contribution in [2.75, 3.05) is 45.2 Å². The molecule has 1 aliphatic rings. The Labute approximate surface area is 198 Å². The monoisotopic (exact) mass is 458 g/mol. The second-order valence-corrected chi connectivity index (χ2v) is 8.76. The number of aromatic hydroxyl groups is 1. The van der Waals surface area contributed by atoms with Gasteiger partial charge in [-0.25, -0.2) is 0 Å². The number of piperazine rings is 1. The zero-order valence-electron chi connectivity index (χ0n) is 18.7. The molecule has 1 aliphatic heterocycles. The van der Waals surface area contributed by atoms with Crippen molar-refractivity contribution in [3.63, 3.8) is 0 Å². The summed E-state index contributed by atoms with van der Waals surface area (Å²) in [6, 6.07) is 21.6. The first-order valence-corrected chi connectivity index (χ1v) is 11.3. The summed E-state index contributed by atoms with van der Waals surface area (Å²) in [6.07, 6.45) is 1.73. The van der Waals surface area contributed by atoms with Crippen molar-refractivity contribution in [1.82, 2.24) is 9.88 Å². The van der Waals surface area contributed by atoms with Crippen molar-refractivity contribution in [1.29, 1.82) is 0 Å². The van der Waals surface area contributed by atoms with E-state index in [1.54, 1.807) is 18.3 Å². The third kappa shape index (κ3) is 4.22. The van der Waals surface area contributed by atoms with Gasteiger partial charge < -0.3 is 19.6 Å². The van der Waals surface area contributed by atoms with Crippen molar-refractivity contribution in [2.24, 2.45) is 0 Å². The number of phenolic OH excluding ortho intramolecular Hbond substituents is 1.